The molecule has 9 nitrogen and oxygen atoms in total. The standard InChI is InChI=1S/C27H27N5O4/c1-36-22-11-9-20(10-12-22)18-32-26-23(8-5-15-28-26)24(31-32)13-14-25(33)30-21(17-29-27(34)35)16-19-6-3-2-4-7-19/h2-15,21,29H,16-18H2,1H3,(H,30,33)(H,34,35)/b14-13+/t21-/m0/s1. The number of nitrogens with zero attached hydrogens (tertiary/aromatic N) is 3. The van der Waals surface area contributed by atoms with Crippen molar-refractivity contribution in [3.05, 3.63) is 95.8 Å². The Bertz CT molecular complexity index is 1350. The van der Waals surface area contributed by atoms with Crippen LogP contribution in [0.1, 0.15) is 16.8 Å². The van der Waals surface area contributed by atoms with Crippen LogP contribution in [0.15, 0.2) is 79.0 Å². The molecule has 0 aliphatic rings. The van der Waals surface area contributed by atoms with Gasteiger partial charge in [0, 0.05) is 24.2 Å². The fraction of sp³-hybridized carbons (Fsp3) is 0.185. The van der Waals surface area contributed by atoms with E-state index in [1.807, 2.05) is 66.7 Å². The van der Waals surface area contributed by atoms with Gasteiger partial charge in [0.1, 0.15) is 5.75 Å². The summed E-state index contributed by atoms with van der Waals surface area (Å²) in [5.74, 6) is 0.436. The molecule has 1 atom stereocenters. The summed E-state index contributed by atoms with van der Waals surface area (Å²) in [6.45, 7) is 0.602. The topological polar surface area (TPSA) is 118 Å². The van der Waals surface area contributed by atoms with E-state index in [0.29, 0.717) is 24.3 Å². The highest BCUT2D eigenvalue weighted by molar-refractivity contribution is 5.94. The lowest BCUT2D eigenvalue weighted by molar-refractivity contribution is -0.117. The largest absolute Gasteiger partial charge is 0.497 e. The van der Waals surface area contributed by atoms with Crippen LogP contribution < -0.4 is 15.4 Å². The van der Waals surface area contributed by atoms with Gasteiger partial charge in [-0.2, -0.15) is 5.10 Å². The van der Waals surface area contributed by atoms with Gasteiger partial charge in [-0.15, -0.1) is 0 Å². The number of amides is 2. The molecule has 0 aliphatic carbocycles. The molecule has 0 saturated carbocycles. The first-order valence-corrected chi connectivity index (χ1v) is 11.5. The lowest BCUT2D eigenvalue weighted by atomic mass is 10.1. The molecule has 0 radical (unpaired) electrons. The van der Waals surface area contributed by atoms with Crippen LogP contribution in [0.2, 0.25) is 0 Å². The zero-order chi connectivity index (χ0) is 25.3. The number of ether oxygens (including phenoxy) is 1. The van der Waals surface area contributed by atoms with Crippen molar-refractivity contribution in [3.63, 3.8) is 0 Å². The number of nitrogens with one attached hydrogen (secondary N) is 2. The lowest BCUT2D eigenvalue weighted by Gasteiger charge is -2.18. The molecule has 4 aromatic rings. The Morgan fingerprint density at radius 2 is 1.83 bits per heavy atom. The van der Waals surface area contributed by atoms with E-state index in [-0.39, 0.29) is 12.5 Å². The Morgan fingerprint density at radius 3 is 2.56 bits per heavy atom. The zero-order valence-electron chi connectivity index (χ0n) is 19.8. The molecule has 0 aliphatic heterocycles. The van der Waals surface area contributed by atoms with Gasteiger partial charge in [0.2, 0.25) is 5.91 Å². The molecule has 0 fully saturated rings. The highest BCUT2D eigenvalue weighted by Crippen LogP contribution is 2.20. The van der Waals surface area contributed by atoms with Gasteiger partial charge in [0.25, 0.3) is 0 Å². The van der Waals surface area contributed by atoms with Gasteiger partial charge in [0.15, 0.2) is 5.65 Å². The van der Waals surface area contributed by atoms with Crippen LogP contribution in [0.5, 0.6) is 5.75 Å². The van der Waals surface area contributed by atoms with Crippen LogP contribution in [-0.2, 0) is 17.8 Å². The fourth-order valence-electron chi connectivity index (χ4n) is 3.86. The predicted molar refractivity (Wildman–Crippen MR) is 137 cm³/mol. The van der Waals surface area contributed by atoms with Gasteiger partial charge in [0.05, 0.1) is 25.4 Å². The number of pyridine rings is 1. The van der Waals surface area contributed by atoms with Crippen LogP contribution in [0.4, 0.5) is 4.79 Å². The van der Waals surface area contributed by atoms with Crippen LogP contribution in [0.3, 0.4) is 0 Å². The number of carbonyl (C=O) groups is 2. The van der Waals surface area contributed by atoms with Crippen LogP contribution in [0, 0.1) is 0 Å². The first-order valence-electron chi connectivity index (χ1n) is 11.5. The Labute approximate surface area is 208 Å². The van der Waals surface area contributed by atoms with E-state index in [1.54, 1.807) is 24.1 Å². The molecule has 3 N–H and O–H groups in total. The first kappa shape index (κ1) is 24.5. The maximum Gasteiger partial charge on any atom is 0.404 e. The molecule has 2 aromatic heterocycles. The zero-order valence-corrected chi connectivity index (χ0v) is 19.8. The van der Waals surface area contributed by atoms with Crippen molar-refractivity contribution in [2.75, 3.05) is 13.7 Å². The highest BCUT2D eigenvalue weighted by atomic mass is 16.5. The molecule has 0 spiro atoms. The van der Waals surface area contributed by atoms with Crippen LogP contribution in [0.25, 0.3) is 17.1 Å². The van der Waals surface area contributed by atoms with Crippen molar-refractivity contribution in [1.29, 1.82) is 0 Å². The summed E-state index contributed by atoms with van der Waals surface area (Å²) in [6, 6.07) is 20.6. The van der Waals surface area contributed by atoms with Gasteiger partial charge < -0.3 is 20.5 Å². The lowest BCUT2D eigenvalue weighted by Crippen LogP contribution is -2.44. The van der Waals surface area contributed by atoms with Gasteiger partial charge in [-0.05, 0) is 47.9 Å². The minimum atomic E-state index is -1.14. The SMILES string of the molecule is COc1ccc(Cn2nc(/C=C/C(=O)N[C@H](CNC(=O)O)Cc3ccccc3)c3cccnc32)cc1. The monoisotopic (exact) mass is 485 g/mol. The Morgan fingerprint density at radius 1 is 1.06 bits per heavy atom. The third-order valence-corrected chi connectivity index (χ3v) is 5.59. The maximum atomic E-state index is 12.7. The van der Waals surface area contributed by atoms with Crippen LogP contribution >= 0.6 is 0 Å². The van der Waals surface area contributed by atoms with Crippen molar-refractivity contribution in [2.24, 2.45) is 0 Å². The third kappa shape index (κ3) is 6.47. The summed E-state index contributed by atoms with van der Waals surface area (Å²) < 4.78 is 7.02. The minimum absolute atomic E-state index is 0.0904. The number of fused-ring (bicyclic) bond motifs is 1. The summed E-state index contributed by atoms with van der Waals surface area (Å²) in [6.07, 6.45) is 4.11. The fourth-order valence-corrected chi connectivity index (χ4v) is 3.86. The van der Waals surface area contributed by atoms with E-state index in [0.717, 1.165) is 22.3 Å². The second-order valence-corrected chi connectivity index (χ2v) is 8.18. The van der Waals surface area contributed by atoms with E-state index >= 15 is 0 Å². The van der Waals surface area contributed by atoms with Gasteiger partial charge in [-0.25, -0.2) is 14.5 Å². The van der Waals surface area contributed by atoms with E-state index in [4.69, 9.17) is 9.84 Å². The molecule has 2 amide bonds. The van der Waals surface area contributed by atoms with Crippen molar-refractivity contribution >= 4 is 29.1 Å². The molecule has 0 unspecified atom stereocenters. The van der Waals surface area contributed by atoms with Crippen molar-refractivity contribution in [3.8, 4) is 5.75 Å². The molecular formula is C27H27N5O4. The molecule has 4 rings (SSSR count). The van der Waals surface area contributed by atoms with Gasteiger partial charge in [-0.1, -0.05) is 42.5 Å². The summed E-state index contributed by atoms with van der Waals surface area (Å²) in [5, 5.41) is 19.7. The van der Waals surface area contributed by atoms with Gasteiger partial charge >= 0.3 is 6.09 Å². The average molecular weight is 486 g/mol. The predicted octanol–water partition coefficient (Wildman–Crippen LogP) is 3.50. The molecule has 0 saturated heterocycles. The third-order valence-electron chi connectivity index (χ3n) is 5.59. The highest BCUT2D eigenvalue weighted by Gasteiger charge is 2.14. The van der Waals surface area contributed by atoms with Crippen molar-refractivity contribution in [2.45, 2.75) is 19.0 Å². The average Bonchev–Trinajstić information content (AvgIpc) is 3.24. The second-order valence-electron chi connectivity index (χ2n) is 8.18. The number of hydrogen-bond donors (Lipinski definition) is 3. The van der Waals surface area contributed by atoms with E-state index in [2.05, 4.69) is 20.7 Å². The molecule has 0 bridgehead atoms. The summed E-state index contributed by atoms with van der Waals surface area (Å²) in [7, 11) is 1.63. The number of methoxy groups -OCH3 is 1. The smallest absolute Gasteiger partial charge is 0.404 e. The Balaban J connectivity index is 1.49. The number of rotatable bonds is 10. The first-order chi connectivity index (χ1) is 17.5. The maximum absolute atomic E-state index is 12.7. The summed E-state index contributed by atoms with van der Waals surface area (Å²) >= 11 is 0. The molecule has 9 heteroatoms. The Hall–Kier alpha value is -4.66. The molecule has 2 heterocycles. The van der Waals surface area contributed by atoms with Crippen molar-refractivity contribution < 1.29 is 19.4 Å². The Kier molecular flexibility index (Phi) is 7.92. The van der Waals surface area contributed by atoms with E-state index < -0.39 is 12.1 Å². The number of aromatic nitrogens is 3. The minimum Gasteiger partial charge on any atom is -0.497 e. The summed E-state index contributed by atoms with van der Waals surface area (Å²) in [5.41, 5.74) is 3.35. The van der Waals surface area contributed by atoms with E-state index in [9.17, 15) is 9.59 Å². The normalized spacial score (nSPS) is 11.9. The number of benzene rings is 2. The molecular weight excluding hydrogens is 458 g/mol. The number of hydrogen-bond acceptors (Lipinski definition) is 5. The van der Waals surface area contributed by atoms with E-state index in [1.165, 1.54) is 6.08 Å². The number of carboxylic acid groups (broad SMARTS) is 1. The quantitative estimate of drug-likeness (QED) is 0.296. The second kappa shape index (κ2) is 11.7. The van der Waals surface area contributed by atoms with Crippen LogP contribution in [-0.4, -0.2) is 51.6 Å². The molecule has 184 valence electrons. The van der Waals surface area contributed by atoms with Crippen molar-refractivity contribution in [1.82, 2.24) is 25.4 Å². The summed E-state index contributed by atoms with van der Waals surface area (Å²) in [4.78, 5) is 28.2. The molecule has 36 heavy (non-hydrogen) atoms. The number of carbonyl (C=O) groups excluding carboxylic acids is 1. The molecule has 2 aromatic carbocycles. The van der Waals surface area contributed by atoms with Gasteiger partial charge in [-0.3, -0.25) is 4.79 Å².